The summed E-state index contributed by atoms with van der Waals surface area (Å²) in [6.07, 6.45) is 2.30. The summed E-state index contributed by atoms with van der Waals surface area (Å²) in [5.74, 6) is -1.46. The average molecular weight is 300 g/mol. The van der Waals surface area contributed by atoms with Crippen LogP contribution in [0, 0.1) is 0 Å². The van der Waals surface area contributed by atoms with Gasteiger partial charge in [-0.2, -0.15) is 0 Å². The molecule has 100 valence electrons. The Hall–Kier alpha value is -0.350. The SMILES string of the molecule is O=P([O-])(C1Cc2ccccc2C1)C(O)c1ccco1.[Na+]. The van der Waals surface area contributed by atoms with Gasteiger partial charge in [-0.1, -0.05) is 24.3 Å². The number of fused-ring (bicyclic) bond motifs is 1. The number of benzene rings is 1. The topological polar surface area (TPSA) is 73.5 Å². The van der Waals surface area contributed by atoms with Crippen LogP contribution in [0.15, 0.2) is 47.1 Å². The largest absolute Gasteiger partial charge is 1.00 e. The fraction of sp³-hybridized carbons (Fsp3) is 0.286. The minimum atomic E-state index is -3.99. The van der Waals surface area contributed by atoms with Crippen molar-refractivity contribution >= 4 is 7.37 Å². The summed E-state index contributed by atoms with van der Waals surface area (Å²) in [6.45, 7) is 0. The van der Waals surface area contributed by atoms with Crippen molar-refractivity contribution in [1.82, 2.24) is 0 Å². The van der Waals surface area contributed by atoms with Gasteiger partial charge in [-0.3, -0.25) is 0 Å². The van der Waals surface area contributed by atoms with E-state index in [1.807, 2.05) is 24.3 Å². The van der Waals surface area contributed by atoms with E-state index in [0.717, 1.165) is 11.1 Å². The molecule has 0 bridgehead atoms. The number of aliphatic hydroxyl groups excluding tert-OH is 1. The number of hydrogen-bond acceptors (Lipinski definition) is 4. The molecule has 0 aliphatic heterocycles. The van der Waals surface area contributed by atoms with Gasteiger partial charge in [0, 0.05) is 5.66 Å². The van der Waals surface area contributed by atoms with Crippen molar-refractivity contribution in [2.24, 2.45) is 0 Å². The van der Waals surface area contributed by atoms with E-state index < -0.39 is 18.9 Å². The first-order chi connectivity index (χ1) is 9.09. The van der Waals surface area contributed by atoms with E-state index >= 15 is 0 Å². The summed E-state index contributed by atoms with van der Waals surface area (Å²) in [5.41, 5.74) is 1.55. The van der Waals surface area contributed by atoms with Crippen LogP contribution in [0.5, 0.6) is 0 Å². The molecule has 0 spiro atoms. The quantitative estimate of drug-likeness (QED) is 0.588. The molecule has 6 heteroatoms. The second kappa shape index (κ2) is 6.18. The Morgan fingerprint density at radius 3 is 2.30 bits per heavy atom. The Balaban J connectivity index is 0.00000147. The van der Waals surface area contributed by atoms with Crippen molar-refractivity contribution in [2.75, 3.05) is 0 Å². The smallest absolute Gasteiger partial charge is 0.797 e. The summed E-state index contributed by atoms with van der Waals surface area (Å²) >= 11 is 0. The summed E-state index contributed by atoms with van der Waals surface area (Å²) in [6, 6.07) is 10.7. The zero-order valence-electron chi connectivity index (χ0n) is 11.2. The van der Waals surface area contributed by atoms with Crippen molar-refractivity contribution in [3.05, 3.63) is 59.5 Å². The summed E-state index contributed by atoms with van der Waals surface area (Å²) in [7, 11) is -3.99. The monoisotopic (exact) mass is 300 g/mol. The predicted octanol–water partition coefficient (Wildman–Crippen LogP) is -0.920. The minimum Gasteiger partial charge on any atom is -0.797 e. The molecule has 0 saturated heterocycles. The molecule has 0 saturated carbocycles. The molecular weight excluding hydrogens is 286 g/mol. The van der Waals surface area contributed by atoms with Gasteiger partial charge in [0.1, 0.15) is 5.76 Å². The fourth-order valence-electron chi connectivity index (χ4n) is 2.61. The van der Waals surface area contributed by atoms with Crippen LogP contribution in [-0.4, -0.2) is 10.8 Å². The summed E-state index contributed by atoms with van der Waals surface area (Å²) in [5, 5.41) is 10.0. The van der Waals surface area contributed by atoms with Gasteiger partial charge >= 0.3 is 29.6 Å². The molecule has 1 aromatic heterocycles. The number of furan rings is 1. The zero-order chi connectivity index (χ0) is 13.5. The molecule has 1 aromatic carbocycles. The van der Waals surface area contributed by atoms with Crippen molar-refractivity contribution < 1.29 is 48.5 Å². The van der Waals surface area contributed by atoms with Gasteiger partial charge in [0.25, 0.3) is 0 Å². The molecule has 1 aliphatic carbocycles. The van der Waals surface area contributed by atoms with E-state index in [-0.39, 0.29) is 35.3 Å². The third-order valence-electron chi connectivity index (χ3n) is 3.68. The molecule has 0 fully saturated rings. The molecule has 0 radical (unpaired) electrons. The van der Waals surface area contributed by atoms with Gasteiger partial charge in [-0.25, -0.2) is 0 Å². The van der Waals surface area contributed by atoms with Gasteiger partial charge in [-0.05, 0) is 36.1 Å². The Morgan fingerprint density at radius 1 is 1.20 bits per heavy atom. The summed E-state index contributed by atoms with van der Waals surface area (Å²) in [4.78, 5) is 12.4. The maximum absolute atomic E-state index is 12.4. The second-order valence-corrected chi connectivity index (χ2v) is 7.38. The van der Waals surface area contributed by atoms with E-state index in [0.29, 0.717) is 12.8 Å². The molecule has 2 aromatic rings. The molecular formula is C14H14NaO4P. The first-order valence-electron chi connectivity index (χ1n) is 6.17. The maximum atomic E-state index is 12.4. The van der Waals surface area contributed by atoms with Crippen molar-refractivity contribution in [2.45, 2.75) is 24.3 Å². The average Bonchev–Trinajstić information content (AvgIpc) is 3.06. The van der Waals surface area contributed by atoms with Crippen LogP contribution >= 0.6 is 7.37 Å². The van der Waals surface area contributed by atoms with Crippen LogP contribution in [-0.2, 0) is 17.4 Å². The summed E-state index contributed by atoms with van der Waals surface area (Å²) < 4.78 is 17.4. The molecule has 1 aliphatic rings. The third-order valence-corrected chi connectivity index (χ3v) is 6.00. The van der Waals surface area contributed by atoms with Crippen LogP contribution in [0.1, 0.15) is 22.7 Å². The van der Waals surface area contributed by atoms with Crippen LogP contribution in [0.2, 0.25) is 0 Å². The van der Waals surface area contributed by atoms with Crippen molar-refractivity contribution in [3.8, 4) is 0 Å². The molecule has 1 heterocycles. The number of rotatable bonds is 3. The van der Waals surface area contributed by atoms with Crippen LogP contribution in [0.25, 0.3) is 0 Å². The number of aliphatic hydroxyl groups is 1. The normalized spacial score (nSPS) is 18.9. The first kappa shape index (κ1) is 16.0. The van der Waals surface area contributed by atoms with Gasteiger partial charge in [0.15, 0.2) is 5.85 Å². The minimum absolute atomic E-state index is 0. The predicted molar refractivity (Wildman–Crippen MR) is 68.9 cm³/mol. The van der Waals surface area contributed by atoms with Gasteiger partial charge in [0.05, 0.1) is 13.6 Å². The van der Waals surface area contributed by atoms with Gasteiger partial charge < -0.3 is 19.0 Å². The first-order valence-corrected chi connectivity index (χ1v) is 7.94. The molecule has 1 N–H and O–H groups in total. The maximum Gasteiger partial charge on any atom is 1.00 e. The van der Waals surface area contributed by atoms with E-state index in [4.69, 9.17) is 4.42 Å². The van der Waals surface area contributed by atoms with E-state index in [1.165, 1.54) is 12.3 Å². The number of hydrogen-bond donors (Lipinski definition) is 1. The molecule has 0 amide bonds. The zero-order valence-corrected chi connectivity index (χ0v) is 14.1. The molecule has 2 atom stereocenters. The van der Waals surface area contributed by atoms with Crippen molar-refractivity contribution in [3.63, 3.8) is 0 Å². The second-order valence-electron chi connectivity index (χ2n) is 4.87. The van der Waals surface area contributed by atoms with Crippen molar-refractivity contribution in [1.29, 1.82) is 0 Å². The molecule has 3 rings (SSSR count). The standard InChI is InChI=1S/C14H15O4P.Na/c15-14(13-6-3-7-18-13)19(16,17)12-8-10-4-1-2-5-11(10)9-12;/h1-7,12,14-15H,8-9H2,(H,16,17);/q;+1/p-1. The molecule has 4 nitrogen and oxygen atoms in total. The van der Waals surface area contributed by atoms with Gasteiger partial charge in [-0.15, -0.1) is 0 Å². The Labute approximate surface area is 139 Å². The van der Waals surface area contributed by atoms with Crippen LogP contribution < -0.4 is 34.5 Å². The van der Waals surface area contributed by atoms with E-state index in [9.17, 15) is 14.6 Å². The molecule has 2 unspecified atom stereocenters. The van der Waals surface area contributed by atoms with Gasteiger partial charge in [0.2, 0.25) is 0 Å². The Morgan fingerprint density at radius 2 is 1.80 bits per heavy atom. The van der Waals surface area contributed by atoms with E-state index in [2.05, 4.69) is 0 Å². The fourth-order valence-corrected chi connectivity index (χ4v) is 4.41. The Kier molecular flexibility index (Phi) is 4.96. The van der Waals surface area contributed by atoms with Crippen LogP contribution in [0.4, 0.5) is 0 Å². The van der Waals surface area contributed by atoms with Crippen LogP contribution in [0.3, 0.4) is 0 Å². The van der Waals surface area contributed by atoms with E-state index in [1.54, 1.807) is 6.07 Å². The Bertz CT molecular complexity index is 601. The third kappa shape index (κ3) is 2.82. The molecule has 20 heavy (non-hydrogen) atoms.